The molecule has 18 heavy (non-hydrogen) atoms. The minimum absolute atomic E-state index is 0.476. The topological polar surface area (TPSA) is 61.4 Å². The number of piperazine rings is 1. The van der Waals surface area contributed by atoms with Crippen LogP contribution < -0.4 is 10.0 Å². The number of terminal acetylenes is 1. The maximum Gasteiger partial charge on any atom is 0.301 e. The second kappa shape index (κ2) is 5.40. The fraction of sp³-hybridized carbons (Fsp3) is 0.333. The van der Waals surface area contributed by atoms with Crippen molar-refractivity contribution >= 4 is 15.9 Å². The molecule has 1 saturated heterocycles. The first-order valence-electron chi connectivity index (χ1n) is 5.67. The Labute approximate surface area is 107 Å². The van der Waals surface area contributed by atoms with Gasteiger partial charge in [-0.1, -0.05) is 12.0 Å². The van der Waals surface area contributed by atoms with Crippen LogP contribution in [0.1, 0.15) is 5.56 Å². The van der Waals surface area contributed by atoms with Gasteiger partial charge in [0.2, 0.25) is 0 Å². The van der Waals surface area contributed by atoms with Crippen LogP contribution >= 0.6 is 0 Å². The smallest absolute Gasteiger partial charge is 0.301 e. The van der Waals surface area contributed by atoms with Gasteiger partial charge in [0.1, 0.15) is 0 Å². The average Bonchev–Trinajstić information content (AvgIpc) is 2.39. The van der Waals surface area contributed by atoms with Crippen LogP contribution in [-0.4, -0.2) is 38.9 Å². The molecule has 6 heteroatoms. The molecule has 1 fully saturated rings. The van der Waals surface area contributed by atoms with Crippen molar-refractivity contribution in [3.8, 4) is 12.3 Å². The Bertz CT molecular complexity index is 557. The monoisotopic (exact) mass is 265 g/mol. The summed E-state index contributed by atoms with van der Waals surface area (Å²) in [4.78, 5) is 0. The number of anilines is 1. The number of hydrogen-bond donors (Lipinski definition) is 2. The molecule has 0 unspecified atom stereocenters. The molecule has 0 saturated carbocycles. The molecule has 1 aliphatic heterocycles. The van der Waals surface area contributed by atoms with E-state index in [-0.39, 0.29) is 0 Å². The minimum Gasteiger partial charge on any atom is -0.314 e. The van der Waals surface area contributed by atoms with E-state index in [1.165, 1.54) is 4.31 Å². The van der Waals surface area contributed by atoms with Crippen molar-refractivity contribution in [2.24, 2.45) is 0 Å². The molecule has 0 bridgehead atoms. The quantitative estimate of drug-likeness (QED) is 0.769. The Morgan fingerprint density at radius 1 is 1.33 bits per heavy atom. The van der Waals surface area contributed by atoms with E-state index in [4.69, 9.17) is 6.42 Å². The van der Waals surface area contributed by atoms with Gasteiger partial charge in [0.15, 0.2) is 0 Å². The Morgan fingerprint density at radius 2 is 2.06 bits per heavy atom. The van der Waals surface area contributed by atoms with Crippen molar-refractivity contribution in [1.82, 2.24) is 9.62 Å². The first-order chi connectivity index (χ1) is 8.62. The summed E-state index contributed by atoms with van der Waals surface area (Å²) in [6.07, 6.45) is 5.28. The third-order valence-corrected chi connectivity index (χ3v) is 4.23. The minimum atomic E-state index is -3.49. The third-order valence-electron chi connectivity index (χ3n) is 2.69. The van der Waals surface area contributed by atoms with Gasteiger partial charge in [-0.15, -0.1) is 6.42 Å². The molecule has 0 amide bonds. The van der Waals surface area contributed by atoms with Gasteiger partial charge in [-0.05, 0) is 18.2 Å². The molecule has 2 rings (SSSR count). The van der Waals surface area contributed by atoms with Crippen LogP contribution in [0, 0.1) is 12.3 Å². The van der Waals surface area contributed by atoms with Gasteiger partial charge in [0, 0.05) is 31.7 Å². The van der Waals surface area contributed by atoms with E-state index in [0.29, 0.717) is 37.4 Å². The van der Waals surface area contributed by atoms with Crippen LogP contribution in [0.3, 0.4) is 0 Å². The normalized spacial score (nSPS) is 17.1. The summed E-state index contributed by atoms with van der Waals surface area (Å²) in [7, 11) is -3.49. The van der Waals surface area contributed by atoms with Crippen LogP contribution in [0.25, 0.3) is 0 Å². The van der Waals surface area contributed by atoms with E-state index in [9.17, 15) is 8.42 Å². The van der Waals surface area contributed by atoms with E-state index in [0.717, 1.165) is 0 Å². The largest absolute Gasteiger partial charge is 0.314 e. The number of rotatable bonds is 3. The van der Waals surface area contributed by atoms with Crippen LogP contribution in [-0.2, 0) is 10.2 Å². The van der Waals surface area contributed by atoms with Crippen molar-refractivity contribution in [2.45, 2.75) is 0 Å². The highest BCUT2D eigenvalue weighted by atomic mass is 32.2. The van der Waals surface area contributed by atoms with Gasteiger partial charge in [0.05, 0.1) is 5.69 Å². The van der Waals surface area contributed by atoms with Crippen molar-refractivity contribution in [3.63, 3.8) is 0 Å². The van der Waals surface area contributed by atoms with E-state index in [1.807, 2.05) is 0 Å². The summed E-state index contributed by atoms with van der Waals surface area (Å²) in [5.74, 6) is 2.47. The maximum absolute atomic E-state index is 12.1. The molecule has 2 N–H and O–H groups in total. The number of nitrogens with one attached hydrogen (secondary N) is 2. The molecule has 0 atom stereocenters. The Morgan fingerprint density at radius 3 is 2.72 bits per heavy atom. The molecule has 0 aromatic heterocycles. The lowest BCUT2D eigenvalue weighted by Gasteiger charge is -2.26. The first kappa shape index (κ1) is 12.9. The van der Waals surface area contributed by atoms with Gasteiger partial charge in [-0.2, -0.15) is 12.7 Å². The van der Waals surface area contributed by atoms with Crippen molar-refractivity contribution in [3.05, 3.63) is 29.8 Å². The maximum atomic E-state index is 12.1. The standard InChI is InChI=1S/C12H15N3O2S/c1-2-11-4-3-5-12(10-11)14-18(16,17)15-8-6-13-7-9-15/h1,3-5,10,13-14H,6-9H2. The molecule has 1 aromatic rings. The van der Waals surface area contributed by atoms with Crippen molar-refractivity contribution in [2.75, 3.05) is 30.9 Å². The highest BCUT2D eigenvalue weighted by Crippen LogP contribution is 2.13. The predicted molar refractivity (Wildman–Crippen MR) is 71.4 cm³/mol. The van der Waals surface area contributed by atoms with E-state index in [2.05, 4.69) is 16.0 Å². The van der Waals surface area contributed by atoms with Crippen molar-refractivity contribution < 1.29 is 8.42 Å². The summed E-state index contributed by atoms with van der Waals surface area (Å²) < 4.78 is 28.1. The van der Waals surface area contributed by atoms with Crippen LogP contribution in [0.15, 0.2) is 24.3 Å². The predicted octanol–water partition coefficient (Wildman–Crippen LogP) is 0.230. The average molecular weight is 265 g/mol. The molecule has 1 aliphatic rings. The fourth-order valence-electron chi connectivity index (χ4n) is 1.77. The third kappa shape index (κ3) is 3.01. The number of benzene rings is 1. The summed E-state index contributed by atoms with van der Waals surface area (Å²) in [5.41, 5.74) is 1.14. The molecule has 1 aromatic carbocycles. The second-order valence-electron chi connectivity index (χ2n) is 3.98. The second-order valence-corrected chi connectivity index (χ2v) is 5.65. The highest BCUT2D eigenvalue weighted by Gasteiger charge is 2.23. The van der Waals surface area contributed by atoms with E-state index < -0.39 is 10.2 Å². The number of nitrogens with zero attached hydrogens (tertiary/aromatic N) is 1. The van der Waals surface area contributed by atoms with Crippen LogP contribution in [0.2, 0.25) is 0 Å². The van der Waals surface area contributed by atoms with E-state index >= 15 is 0 Å². The lowest BCUT2D eigenvalue weighted by Crippen LogP contribution is -2.48. The first-order valence-corrected chi connectivity index (χ1v) is 7.11. The summed E-state index contributed by atoms with van der Waals surface area (Å²) >= 11 is 0. The summed E-state index contributed by atoms with van der Waals surface area (Å²) in [6.45, 7) is 2.30. The van der Waals surface area contributed by atoms with Gasteiger partial charge in [0.25, 0.3) is 0 Å². The molecular formula is C12H15N3O2S. The molecule has 0 aliphatic carbocycles. The van der Waals surface area contributed by atoms with E-state index in [1.54, 1.807) is 24.3 Å². The Hall–Kier alpha value is -1.55. The molecule has 1 heterocycles. The molecular weight excluding hydrogens is 250 g/mol. The zero-order chi connectivity index (χ0) is 13.0. The highest BCUT2D eigenvalue weighted by molar-refractivity contribution is 7.90. The van der Waals surface area contributed by atoms with Crippen LogP contribution in [0.5, 0.6) is 0 Å². The zero-order valence-corrected chi connectivity index (χ0v) is 10.7. The Kier molecular flexibility index (Phi) is 3.87. The molecule has 0 radical (unpaired) electrons. The van der Waals surface area contributed by atoms with Gasteiger partial charge >= 0.3 is 10.2 Å². The molecule has 96 valence electrons. The Balaban J connectivity index is 2.14. The van der Waals surface area contributed by atoms with Crippen molar-refractivity contribution in [1.29, 1.82) is 0 Å². The van der Waals surface area contributed by atoms with Gasteiger partial charge < -0.3 is 5.32 Å². The summed E-state index contributed by atoms with van der Waals surface area (Å²) in [6, 6.07) is 6.80. The zero-order valence-electron chi connectivity index (χ0n) is 9.89. The van der Waals surface area contributed by atoms with Gasteiger partial charge in [-0.3, -0.25) is 4.72 Å². The fourth-order valence-corrected chi connectivity index (χ4v) is 2.99. The SMILES string of the molecule is C#Cc1cccc(NS(=O)(=O)N2CCNCC2)c1. The van der Waals surface area contributed by atoms with Gasteiger partial charge in [-0.25, -0.2) is 0 Å². The summed E-state index contributed by atoms with van der Waals surface area (Å²) in [5, 5.41) is 3.11. The van der Waals surface area contributed by atoms with Crippen LogP contribution in [0.4, 0.5) is 5.69 Å². The number of hydrogen-bond acceptors (Lipinski definition) is 3. The lowest BCUT2D eigenvalue weighted by molar-refractivity contribution is 0.362. The molecule has 5 nitrogen and oxygen atoms in total. The molecule has 0 spiro atoms. The lowest BCUT2D eigenvalue weighted by atomic mass is 10.2.